The molecule has 2 N–H and O–H groups in total. The van der Waals surface area contributed by atoms with Gasteiger partial charge in [-0.1, -0.05) is 30.3 Å². The van der Waals surface area contributed by atoms with E-state index in [1.165, 1.54) is 5.56 Å². The number of benzene rings is 2. The van der Waals surface area contributed by atoms with E-state index in [0.717, 1.165) is 25.5 Å². The summed E-state index contributed by atoms with van der Waals surface area (Å²) in [6, 6.07) is 19.8. The third-order valence-electron chi connectivity index (χ3n) is 5.51. The summed E-state index contributed by atoms with van der Waals surface area (Å²) in [7, 11) is 0. The lowest BCUT2D eigenvalue weighted by molar-refractivity contribution is 0.102. The first-order valence-electron chi connectivity index (χ1n) is 10.5. The lowest BCUT2D eigenvalue weighted by Gasteiger charge is -2.34. The maximum atomic E-state index is 12.7. The molecule has 1 amide bonds. The number of hydrogen-bond donors (Lipinski definition) is 2. The van der Waals surface area contributed by atoms with Crippen molar-refractivity contribution in [2.75, 3.05) is 43.1 Å². The highest BCUT2D eigenvalue weighted by molar-refractivity contribution is 6.04. The number of rotatable bonds is 4. The number of anilines is 2. The summed E-state index contributed by atoms with van der Waals surface area (Å²) in [6.07, 6.45) is 1.63. The van der Waals surface area contributed by atoms with Gasteiger partial charge in [-0.15, -0.1) is 0 Å². The highest BCUT2D eigenvalue weighted by Gasteiger charge is 2.22. The Balaban J connectivity index is 1.25. The quantitative estimate of drug-likeness (QED) is 0.680. The number of nitrogens with one attached hydrogen (secondary N) is 2. The van der Waals surface area contributed by atoms with Crippen molar-refractivity contribution in [3.63, 3.8) is 0 Å². The van der Waals surface area contributed by atoms with Crippen molar-refractivity contribution in [2.24, 2.45) is 0 Å². The predicted octanol–water partition coefficient (Wildman–Crippen LogP) is 3.26. The molecule has 2 aliphatic heterocycles. The first-order valence-corrected chi connectivity index (χ1v) is 10.5. The molecule has 5 rings (SSSR count). The van der Waals surface area contributed by atoms with E-state index in [0.29, 0.717) is 36.0 Å². The molecule has 0 aliphatic carbocycles. The molecule has 3 aromatic rings. The normalized spacial score (nSPS) is 17.8. The second-order valence-corrected chi connectivity index (χ2v) is 7.58. The molecule has 0 radical (unpaired) electrons. The third-order valence-corrected chi connectivity index (χ3v) is 5.51. The zero-order valence-electron chi connectivity index (χ0n) is 17.1. The predicted molar refractivity (Wildman–Crippen MR) is 119 cm³/mol. The molecule has 7 nitrogen and oxygen atoms in total. The molecule has 1 saturated heterocycles. The van der Waals surface area contributed by atoms with Crippen LogP contribution in [0.15, 0.2) is 66.9 Å². The first kappa shape index (κ1) is 19.4. The van der Waals surface area contributed by atoms with E-state index in [2.05, 4.69) is 44.8 Å². The van der Waals surface area contributed by atoms with Crippen LogP contribution in [-0.2, 0) is 0 Å². The van der Waals surface area contributed by atoms with Gasteiger partial charge in [0.25, 0.3) is 5.91 Å². The Labute approximate surface area is 181 Å². The van der Waals surface area contributed by atoms with E-state index >= 15 is 0 Å². The van der Waals surface area contributed by atoms with Crippen molar-refractivity contribution < 1.29 is 14.3 Å². The van der Waals surface area contributed by atoms with Crippen LogP contribution in [0.25, 0.3) is 0 Å². The number of piperazine rings is 1. The molecule has 1 atom stereocenters. The largest absolute Gasteiger partial charge is 0.486 e. The Hall–Kier alpha value is -3.58. The van der Waals surface area contributed by atoms with Gasteiger partial charge in [-0.05, 0) is 29.8 Å². The lowest BCUT2D eigenvalue weighted by Crippen LogP contribution is -2.46. The molecular formula is C24H24N4O3. The smallest absolute Gasteiger partial charge is 0.257 e. The Morgan fingerprint density at radius 2 is 1.87 bits per heavy atom. The second-order valence-electron chi connectivity index (χ2n) is 7.58. The van der Waals surface area contributed by atoms with E-state index in [4.69, 9.17) is 9.47 Å². The Bertz CT molecular complexity index is 1060. The molecule has 2 aliphatic rings. The number of nitrogens with zero attached hydrogens (tertiary/aromatic N) is 2. The molecule has 1 fully saturated rings. The molecule has 0 saturated carbocycles. The fraction of sp³-hybridized carbons (Fsp3) is 0.250. The molecule has 0 spiro atoms. The van der Waals surface area contributed by atoms with Gasteiger partial charge in [0, 0.05) is 43.6 Å². The standard InChI is InChI=1S/C24H24N4O3/c29-24(27-19-7-8-21-22(14-19)31-13-12-30-21)18-6-9-23(26-15-18)28-11-10-25-20(16-28)17-4-2-1-3-5-17/h1-9,14-15,20,25H,10-13,16H2,(H,27,29)/t20-/m1/s1. The zero-order valence-corrected chi connectivity index (χ0v) is 17.1. The summed E-state index contributed by atoms with van der Waals surface area (Å²) in [5.41, 5.74) is 2.43. The van der Waals surface area contributed by atoms with E-state index in [9.17, 15) is 4.79 Å². The maximum Gasteiger partial charge on any atom is 0.257 e. The van der Waals surface area contributed by atoms with Crippen LogP contribution in [0.2, 0.25) is 0 Å². The zero-order chi connectivity index (χ0) is 21.0. The van der Waals surface area contributed by atoms with Crippen molar-refractivity contribution in [3.05, 3.63) is 78.0 Å². The summed E-state index contributed by atoms with van der Waals surface area (Å²) >= 11 is 0. The number of hydrogen-bond acceptors (Lipinski definition) is 6. The average Bonchev–Trinajstić information content (AvgIpc) is 2.85. The molecule has 1 aromatic heterocycles. The minimum absolute atomic E-state index is 0.210. The van der Waals surface area contributed by atoms with E-state index in [1.54, 1.807) is 24.4 Å². The molecule has 0 unspecified atom stereocenters. The van der Waals surface area contributed by atoms with Crippen LogP contribution in [-0.4, -0.2) is 43.7 Å². The lowest BCUT2D eigenvalue weighted by atomic mass is 10.0. The highest BCUT2D eigenvalue weighted by atomic mass is 16.6. The van der Waals surface area contributed by atoms with Gasteiger partial charge in [0.15, 0.2) is 11.5 Å². The van der Waals surface area contributed by atoms with Gasteiger partial charge in [0.05, 0.1) is 5.56 Å². The summed E-state index contributed by atoms with van der Waals surface area (Å²) in [5.74, 6) is 2.00. The van der Waals surface area contributed by atoms with Crippen LogP contribution in [0, 0.1) is 0 Å². The minimum atomic E-state index is -0.210. The Morgan fingerprint density at radius 1 is 1.03 bits per heavy atom. The van der Waals surface area contributed by atoms with Gasteiger partial charge in [-0.2, -0.15) is 0 Å². The Morgan fingerprint density at radius 3 is 2.68 bits per heavy atom. The Kier molecular flexibility index (Phi) is 5.41. The molecule has 2 aromatic carbocycles. The molecule has 3 heterocycles. The number of carbonyl (C=O) groups excluding carboxylic acids is 1. The maximum absolute atomic E-state index is 12.7. The number of pyridine rings is 1. The monoisotopic (exact) mass is 416 g/mol. The van der Waals surface area contributed by atoms with E-state index < -0.39 is 0 Å². The van der Waals surface area contributed by atoms with Gasteiger partial charge in [-0.3, -0.25) is 4.79 Å². The summed E-state index contributed by atoms with van der Waals surface area (Å²) < 4.78 is 11.1. The summed E-state index contributed by atoms with van der Waals surface area (Å²) in [6.45, 7) is 3.63. The van der Waals surface area contributed by atoms with Crippen LogP contribution < -0.4 is 25.0 Å². The molecule has 7 heteroatoms. The van der Waals surface area contributed by atoms with Crippen LogP contribution in [0.4, 0.5) is 11.5 Å². The topological polar surface area (TPSA) is 75.7 Å². The minimum Gasteiger partial charge on any atom is -0.486 e. The molecular weight excluding hydrogens is 392 g/mol. The number of amides is 1. The van der Waals surface area contributed by atoms with Crippen LogP contribution in [0.3, 0.4) is 0 Å². The van der Waals surface area contributed by atoms with Crippen LogP contribution in [0.5, 0.6) is 11.5 Å². The fourth-order valence-electron chi connectivity index (χ4n) is 3.90. The third kappa shape index (κ3) is 4.32. The fourth-order valence-corrected chi connectivity index (χ4v) is 3.90. The number of ether oxygens (including phenoxy) is 2. The van der Waals surface area contributed by atoms with Gasteiger partial charge in [0.2, 0.25) is 0 Å². The van der Waals surface area contributed by atoms with Crippen molar-refractivity contribution in [2.45, 2.75) is 6.04 Å². The van der Waals surface area contributed by atoms with E-state index in [-0.39, 0.29) is 11.9 Å². The van der Waals surface area contributed by atoms with E-state index in [1.807, 2.05) is 18.2 Å². The SMILES string of the molecule is O=C(Nc1ccc2c(c1)OCCO2)c1ccc(N2CCN[C@@H](c3ccccc3)C2)nc1. The van der Waals surface area contributed by atoms with Crippen LogP contribution >= 0.6 is 0 Å². The van der Waals surface area contributed by atoms with Crippen molar-refractivity contribution in [1.29, 1.82) is 0 Å². The first-order chi connectivity index (χ1) is 15.3. The van der Waals surface area contributed by atoms with Crippen molar-refractivity contribution in [3.8, 4) is 11.5 Å². The van der Waals surface area contributed by atoms with Crippen LogP contribution in [0.1, 0.15) is 22.0 Å². The molecule has 158 valence electrons. The van der Waals surface area contributed by atoms with Crippen molar-refractivity contribution >= 4 is 17.4 Å². The number of carbonyl (C=O) groups is 1. The van der Waals surface area contributed by atoms with Gasteiger partial charge in [-0.25, -0.2) is 4.98 Å². The van der Waals surface area contributed by atoms with Gasteiger partial charge in [0.1, 0.15) is 19.0 Å². The number of fused-ring (bicyclic) bond motifs is 1. The summed E-state index contributed by atoms with van der Waals surface area (Å²) in [5, 5.41) is 6.46. The summed E-state index contributed by atoms with van der Waals surface area (Å²) in [4.78, 5) is 19.5. The van der Waals surface area contributed by atoms with Gasteiger partial charge >= 0.3 is 0 Å². The highest BCUT2D eigenvalue weighted by Crippen LogP contribution is 2.32. The second kappa shape index (κ2) is 8.65. The average molecular weight is 416 g/mol. The van der Waals surface area contributed by atoms with Gasteiger partial charge < -0.3 is 25.0 Å². The molecule has 0 bridgehead atoms. The molecule has 31 heavy (non-hydrogen) atoms. The van der Waals surface area contributed by atoms with Crippen molar-refractivity contribution in [1.82, 2.24) is 10.3 Å². The number of aromatic nitrogens is 1.